The summed E-state index contributed by atoms with van der Waals surface area (Å²) in [4.78, 5) is 20.7. The van der Waals surface area contributed by atoms with E-state index in [2.05, 4.69) is 22.0 Å². The summed E-state index contributed by atoms with van der Waals surface area (Å²) in [5, 5.41) is 0. The van der Waals surface area contributed by atoms with Crippen molar-refractivity contribution in [3.8, 4) is 0 Å². The number of rotatable bonds is 4. The van der Waals surface area contributed by atoms with Gasteiger partial charge in [-0.2, -0.15) is 0 Å². The summed E-state index contributed by atoms with van der Waals surface area (Å²) >= 11 is 0. The lowest BCUT2D eigenvalue weighted by Crippen LogP contribution is -2.41. The van der Waals surface area contributed by atoms with E-state index in [1.165, 1.54) is 5.56 Å². The monoisotopic (exact) mass is 311 g/mol. The van der Waals surface area contributed by atoms with Crippen LogP contribution in [0, 0.1) is 0 Å². The van der Waals surface area contributed by atoms with Crippen molar-refractivity contribution in [2.45, 2.75) is 6.54 Å². The number of carbonyl (C=O) groups is 1. The van der Waals surface area contributed by atoms with Crippen LogP contribution < -0.4 is 4.90 Å². The summed E-state index contributed by atoms with van der Waals surface area (Å²) in [5.74, 6) is -0.0248. The van der Waals surface area contributed by atoms with E-state index in [4.69, 9.17) is 4.74 Å². The zero-order valence-electron chi connectivity index (χ0n) is 13.3. The quantitative estimate of drug-likeness (QED) is 0.868. The second kappa shape index (κ2) is 7.24. The van der Waals surface area contributed by atoms with Gasteiger partial charge in [0, 0.05) is 38.6 Å². The van der Waals surface area contributed by atoms with Gasteiger partial charge >= 0.3 is 0 Å². The first-order valence-electron chi connectivity index (χ1n) is 7.82. The molecule has 23 heavy (non-hydrogen) atoms. The van der Waals surface area contributed by atoms with Gasteiger partial charge in [0.15, 0.2) is 0 Å². The highest BCUT2D eigenvalue weighted by atomic mass is 16.5. The van der Waals surface area contributed by atoms with E-state index in [9.17, 15) is 4.79 Å². The normalized spacial score (nSPS) is 14.6. The van der Waals surface area contributed by atoms with E-state index >= 15 is 0 Å². The number of amides is 1. The molecular formula is C18H21N3O2. The third kappa shape index (κ3) is 3.87. The van der Waals surface area contributed by atoms with E-state index in [-0.39, 0.29) is 5.91 Å². The molecule has 1 aliphatic rings. The minimum Gasteiger partial charge on any atom is -0.378 e. The van der Waals surface area contributed by atoms with Gasteiger partial charge in [-0.15, -0.1) is 0 Å². The zero-order valence-corrected chi connectivity index (χ0v) is 13.3. The van der Waals surface area contributed by atoms with E-state index < -0.39 is 0 Å². The highest BCUT2D eigenvalue weighted by molar-refractivity contribution is 5.93. The molecule has 1 aromatic carbocycles. The smallest absolute Gasteiger partial charge is 0.272 e. The lowest BCUT2D eigenvalue weighted by Gasteiger charge is -2.27. The maximum absolute atomic E-state index is 12.5. The van der Waals surface area contributed by atoms with Gasteiger partial charge in [0.2, 0.25) is 0 Å². The molecule has 0 spiro atoms. The Morgan fingerprint density at radius 3 is 2.70 bits per heavy atom. The Kier molecular flexibility index (Phi) is 4.88. The molecule has 0 bridgehead atoms. The minimum absolute atomic E-state index is 0.0248. The molecule has 5 heteroatoms. The molecule has 1 fully saturated rings. The van der Waals surface area contributed by atoms with Crippen LogP contribution in [0.4, 0.5) is 5.69 Å². The van der Waals surface area contributed by atoms with Crippen molar-refractivity contribution in [1.82, 2.24) is 9.88 Å². The molecule has 0 unspecified atom stereocenters. The van der Waals surface area contributed by atoms with Crippen LogP contribution in [0.1, 0.15) is 16.1 Å². The summed E-state index contributed by atoms with van der Waals surface area (Å²) in [6.45, 7) is 3.24. The number of ether oxygens (including phenoxy) is 1. The van der Waals surface area contributed by atoms with Gasteiger partial charge in [0.1, 0.15) is 5.69 Å². The first-order chi connectivity index (χ1) is 11.2. The van der Waals surface area contributed by atoms with Gasteiger partial charge in [0.05, 0.1) is 13.2 Å². The van der Waals surface area contributed by atoms with Crippen molar-refractivity contribution in [2.75, 3.05) is 38.3 Å². The molecule has 2 heterocycles. The number of pyridine rings is 1. The molecule has 5 nitrogen and oxygen atoms in total. The molecule has 3 rings (SSSR count). The Balaban J connectivity index is 1.72. The van der Waals surface area contributed by atoms with Crippen molar-refractivity contribution in [3.63, 3.8) is 0 Å². The van der Waals surface area contributed by atoms with E-state index in [0.717, 1.165) is 12.2 Å². The van der Waals surface area contributed by atoms with Crippen LogP contribution in [0.25, 0.3) is 0 Å². The highest BCUT2D eigenvalue weighted by Crippen LogP contribution is 2.17. The molecule has 120 valence electrons. The van der Waals surface area contributed by atoms with Crippen LogP contribution in [0.5, 0.6) is 0 Å². The number of carbonyl (C=O) groups excluding carboxylic acids is 1. The van der Waals surface area contributed by atoms with Gasteiger partial charge in [-0.1, -0.05) is 30.3 Å². The first-order valence-corrected chi connectivity index (χ1v) is 7.82. The molecule has 0 atom stereocenters. The molecule has 0 aliphatic carbocycles. The zero-order chi connectivity index (χ0) is 16.1. The van der Waals surface area contributed by atoms with Crippen LogP contribution in [0.3, 0.4) is 0 Å². The fourth-order valence-corrected chi connectivity index (χ4v) is 2.65. The molecule has 1 aromatic heterocycles. The number of anilines is 1. The predicted octanol–water partition coefficient (Wildman–Crippen LogP) is 2.19. The standard InChI is InChI=1S/C18H21N3O2/c1-20(14-15-5-3-2-4-6-15)16-7-8-19-17(13-16)18(22)21-9-11-23-12-10-21/h2-8,13H,9-12,14H2,1H3. The Hall–Kier alpha value is -2.40. The fraction of sp³-hybridized carbons (Fsp3) is 0.333. The average Bonchev–Trinajstić information content (AvgIpc) is 2.63. The molecule has 1 amide bonds. The number of hydrogen-bond donors (Lipinski definition) is 0. The molecule has 1 saturated heterocycles. The molecular weight excluding hydrogens is 290 g/mol. The van der Waals surface area contributed by atoms with Crippen molar-refractivity contribution in [3.05, 3.63) is 59.9 Å². The summed E-state index contributed by atoms with van der Waals surface area (Å²) in [5.41, 5.74) is 2.71. The lowest BCUT2D eigenvalue weighted by molar-refractivity contribution is 0.0299. The Morgan fingerprint density at radius 1 is 1.22 bits per heavy atom. The van der Waals surface area contributed by atoms with Gasteiger partial charge in [0.25, 0.3) is 5.91 Å². The number of aromatic nitrogens is 1. The van der Waals surface area contributed by atoms with Crippen LogP contribution in [-0.4, -0.2) is 49.1 Å². The van der Waals surface area contributed by atoms with Crippen LogP contribution in [0.2, 0.25) is 0 Å². The third-order valence-electron chi connectivity index (χ3n) is 3.96. The lowest BCUT2D eigenvalue weighted by atomic mass is 10.2. The maximum Gasteiger partial charge on any atom is 0.272 e. The number of nitrogens with zero attached hydrogens (tertiary/aromatic N) is 3. The average molecular weight is 311 g/mol. The summed E-state index contributed by atoms with van der Waals surface area (Å²) < 4.78 is 5.29. The molecule has 0 N–H and O–H groups in total. The molecule has 2 aromatic rings. The van der Waals surface area contributed by atoms with E-state index in [1.807, 2.05) is 37.4 Å². The van der Waals surface area contributed by atoms with Gasteiger partial charge < -0.3 is 14.5 Å². The van der Waals surface area contributed by atoms with Crippen molar-refractivity contribution in [2.24, 2.45) is 0 Å². The van der Waals surface area contributed by atoms with Crippen molar-refractivity contribution in [1.29, 1.82) is 0 Å². The molecule has 1 aliphatic heterocycles. The van der Waals surface area contributed by atoms with Crippen LogP contribution in [0.15, 0.2) is 48.7 Å². The van der Waals surface area contributed by atoms with Crippen LogP contribution >= 0.6 is 0 Å². The topological polar surface area (TPSA) is 45.7 Å². The number of morpholine rings is 1. The maximum atomic E-state index is 12.5. The molecule has 0 radical (unpaired) electrons. The van der Waals surface area contributed by atoms with E-state index in [0.29, 0.717) is 32.0 Å². The Labute approximate surface area is 136 Å². The Morgan fingerprint density at radius 2 is 1.96 bits per heavy atom. The Bertz CT molecular complexity index is 654. The number of benzene rings is 1. The van der Waals surface area contributed by atoms with Gasteiger partial charge in [-0.25, -0.2) is 0 Å². The van der Waals surface area contributed by atoms with E-state index in [1.54, 1.807) is 11.1 Å². The summed E-state index contributed by atoms with van der Waals surface area (Å²) in [6, 6.07) is 14.1. The predicted molar refractivity (Wildman–Crippen MR) is 89.5 cm³/mol. The second-order valence-electron chi connectivity index (χ2n) is 5.65. The minimum atomic E-state index is -0.0248. The van der Waals surface area contributed by atoms with Crippen molar-refractivity contribution < 1.29 is 9.53 Å². The highest BCUT2D eigenvalue weighted by Gasteiger charge is 2.20. The van der Waals surface area contributed by atoms with Gasteiger partial charge in [-0.3, -0.25) is 9.78 Å². The summed E-state index contributed by atoms with van der Waals surface area (Å²) in [6.07, 6.45) is 1.70. The SMILES string of the molecule is CN(Cc1ccccc1)c1ccnc(C(=O)N2CCOCC2)c1. The number of hydrogen-bond acceptors (Lipinski definition) is 4. The third-order valence-corrected chi connectivity index (χ3v) is 3.96. The fourth-order valence-electron chi connectivity index (χ4n) is 2.65. The first kappa shape index (κ1) is 15.5. The second-order valence-corrected chi connectivity index (χ2v) is 5.65. The molecule has 0 saturated carbocycles. The summed E-state index contributed by atoms with van der Waals surface area (Å²) in [7, 11) is 2.02. The largest absolute Gasteiger partial charge is 0.378 e. The van der Waals surface area contributed by atoms with Gasteiger partial charge in [-0.05, 0) is 17.7 Å². The van der Waals surface area contributed by atoms with Crippen molar-refractivity contribution >= 4 is 11.6 Å². The van der Waals surface area contributed by atoms with Crippen LogP contribution in [-0.2, 0) is 11.3 Å².